The molecule has 0 unspecified atom stereocenters. The molecule has 5 nitrogen and oxygen atoms in total. The fraction of sp³-hybridized carbons (Fsp3) is 0.133. The van der Waals surface area contributed by atoms with Crippen molar-refractivity contribution in [3.05, 3.63) is 63.6 Å². The van der Waals surface area contributed by atoms with E-state index in [4.69, 9.17) is 16.3 Å². The third-order valence-electron chi connectivity index (χ3n) is 2.83. The van der Waals surface area contributed by atoms with Crippen molar-refractivity contribution < 1.29 is 17.9 Å². The number of rotatable bonds is 6. The van der Waals surface area contributed by atoms with Crippen LogP contribution in [0.25, 0.3) is 0 Å². The standard InChI is InChI=1S/C15H13BrClNO4S/c16-12-6-7-14(13(17)8-12)23(20,21)18-9-15(19)22-10-11-4-2-1-3-5-11/h1-8,18H,9-10H2. The van der Waals surface area contributed by atoms with Crippen LogP contribution < -0.4 is 4.72 Å². The van der Waals surface area contributed by atoms with Crippen molar-refractivity contribution in [1.29, 1.82) is 0 Å². The summed E-state index contributed by atoms with van der Waals surface area (Å²) in [4.78, 5) is 11.5. The largest absolute Gasteiger partial charge is 0.460 e. The molecule has 2 aromatic rings. The number of carbonyl (C=O) groups excluding carboxylic acids is 1. The van der Waals surface area contributed by atoms with Gasteiger partial charge in [-0.3, -0.25) is 4.79 Å². The predicted molar refractivity (Wildman–Crippen MR) is 90.6 cm³/mol. The highest BCUT2D eigenvalue weighted by molar-refractivity contribution is 9.10. The van der Waals surface area contributed by atoms with Crippen LogP contribution in [0.15, 0.2) is 57.9 Å². The Hall–Kier alpha value is -1.41. The van der Waals surface area contributed by atoms with E-state index in [1.54, 1.807) is 18.2 Å². The zero-order valence-electron chi connectivity index (χ0n) is 11.8. The molecule has 1 N–H and O–H groups in total. The van der Waals surface area contributed by atoms with Gasteiger partial charge in [0.25, 0.3) is 0 Å². The maximum Gasteiger partial charge on any atom is 0.321 e. The Morgan fingerprint density at radius 1 is 1.17 bits per heavy atom. The molecular weight excluding hydrogens is 406 g/mol. The van der Waals surface area contributed by atoms with Gasteiger partial charge in [-0.1, -0.05) is 57.9 Å². The van der Waals surface area contributed by atoms with Gasteiger partial charge in [0, 0.05) is 4.47 Å². The third kappa shape index (κ3) is 5.31. The zero-order valence-corrected chi connectivity index (χ0v) is 15.0. The summed E-state index contributed by atoms with van der Waals surface area (Å²) in [5, 5.41) is 0.0597. The molecule has 0 aliphatic heterocycles. The highest BCUT2D eigenvalue weighted by atomic mass is 79.9. The highest BCUT2D eigenvalue weighted by Crippen LogP contribution is 2.24. The second-order valence-corrected chi connectivity index (χ2v) is 7.60. The molecule has 0 aromatic heterocycles. The molecule has 8 heteroatoms. The van der Waals surface area contributed by atoms with Crippen LogP contribution in [0.1, 0.15) is 5.56 Å². The van der Waals surface area contributed by atoms with E-state index in [1.807, 2.05) is 18.2 Å². The Kier molecular flexibility index (Phi) is 6.17. The van der Waals surface area contributed by atoms with Crippen molar-refractivity contribution in [2.75, 3.05) is 6.54 Å². The lowest BCUT2D eigenvalue weighted by molar-refractivity contribution is -0.143. The SMILES string of the molecule is O=C(CNS(=O)(=O)c1ccc(Br)cc1Cl)OCc1ccccc1. The van der Waals surface area contributed by atoms with Crippen molar-refractivity contribution in [2.45, 2.75) is 11.5 Å². The summed E-state index contributed by atoms with van der Waals surface area (Å²) in [7, 11) is -3.89. The van der Waals surface area contributed by atoms with Gasteiger partial charge >= 0.3 is 5.97 Å². The zero-order chi connectivity index (χ0) is 16.9. The van der Waals surface area contributed by atoms with E-state index in [2.05, 4.69) is 20.7 Å². The molecule has 0 bridgehead atoms. The van der Waals surface area contributed by atoms with E-state index < -0.39 is 22.5 Å². The summed E-state index contributed by atoms with van der Waals surface area (Å²) in [6.45, 7) is -0.387. The second kappa shape index (κ2) is 7.92. The van der Waals surface area contributed by atoms with E-state index in [-0.39, 0.29) is 16.5 Å². The molecule has 0 aliphatic rings. The number of halogens is 2. The van der Waals surface area contributed by atoms with Gasteiger partial charge in [-0.2, -0.15) is 4.72 Å². The first kappa shape index (κ1) is 17.9. The summed E-state index contributed by atoms with van der Waals surface area (Å²) >= 11 is 9.10. The van der Waals surface area contributed by atoms with Gasteiger partial charge in [0.15, 0.2) is 0 Å². The molecule has 122 valence electrons. The number of carbonyl (C=O) groups is 1. The molecule has 0 heterocycles. The van der Waals surface area contributed by atoms with Crippen molar-refractivity contribution in [1.82, 2.24) is 4.72 Å². The quantitative estimate of drug-likeness (QED) is 0.732. The number of hydrogen-bond acceptors (Lipinski definition) is 4. The molecule has 0 saturated carbocycles. The lowest BCUT2D eigenvalue weighted by Gasteiger charge is -2.09. The first-order valence-corrected chi connectivity index (χ1v) is 9.18. The summed E-state index contributed by atoms with van der Waals surface area (Å²) in [5.74, 6) is -0.675. The summed E-state index contributed by atoms with van der Waals surface area (Å²) < 4.78 is 32.1. The molecule has 2 aromatic carbocycles. The van der Waals surface area contributed by atoms with Gasteiger partial charge in [0.05, 0.1) is 5.02 Å². The first-order chi connectivity index (χ1) is 10.9. The Bertz CT molecular complexity index is 796. The normalized spacial score (nSPS) is 11.2. The number of esters is 1. The van der Waals surface area contributed by atoms with Crippen LogP contribution in [0.3, 0.4) is 0 Å². The van der Waals surface area contributed by atoms with Crippen LogP contribution >= 0.6 is 27.5 Å². The molecule has 0 radical (unpaired) electrons. The Morgan fingerprint density at radius 2 is 1.87 bits per heavy atom. The van der Waals surface area contributed by atoms with Crippen LogP contribution in [0.5, 0.6) is 0 Å². The van der Waals surface area contributed by atoms with E-state index >= 15 is 0 Å². The van der Waals surface area contributed by atoms with Crippen molar-refractivity contribution in [2.24, 2.45) is 0 Å². The second-order valence-electron chi connectivity index (χ2n) is 4.55. The van der Waals surface area contributed by atoms with Crippen molar-refractivity contribution in [3.8, 4) is 0 Å². The maximum absolute atomic E-state index is 12.1. The van der Waals surface area contributed by atoms with E-state index in [0.717, 1.165) is 5.56 Å². The number of hydrogen-bond donors (Lipinski definition) is 1. The van der Waals surface area contributed by atoms with E-state index in [0.29, 0.717) is 4.47 Å². The number of benzene rings is 2. The first-order valence-electron chi connectivity index (χ1n) is 6.53. The average Bonchev–Trinajstić information content (AvgIpc) is 2.51. The van der Waals surface area contributed by atoms with Crippen LogP contribution in [-0.4, -0.2) is 20.9 Å². The molecule has 23 heavy (non-hydrogen) atoms. The fourth-order valence-electron chi connectivity index (χ4n) is 1.71. The fourth-order valence-corrected chi connectivity index (χ4v) is 3.72. The molecule has 0 aliphatic carbocycles. The minimum absolute atomic E-state index is 0.0597. The minimum atomic E-state index is -3.89. The van der Waals surface area contributed by atoms with Gasteiger partial charge in [0.1, 0.15) is 18.0 Å². The Balaban J connectivity index is 1.92. The Labute approximate surface area is 147 Å². The molecular formula is C15H13BrClNO4S. The van der Waals surface area contributed by atoms with Crippen LogP contribution in [0.4, 0.5) is 0 Å². The number of sulfonamides is 1. The summed E-state index contributed by atoms with van der Waals surface area (Å²) in [5.41, 5.74) is 0.819. The molecule has 2 rings (SSSR count). The van der Waals surface area contributed by atoms with E-state index in [9.17, 15) is 13.2 Å². The van der Waals surface area contributed by atoms with Gasteiger partial charge in [-0.05, 0) is 23.8 Å². The highest BCUT2D eigenvalue weighted by Gasteiger charge is 2.19. The van der Waals surface area contributed by atoms with Crippen LogP contribution in [0, 0.1) is 0 Å². The topological polar surface area (TPSA) is 72.5 Å². The molecule has 0 atom stereocenters. The molecule has 0 fully saturated rings. The molecule has 0 amide bonds. The Morgan fingerprint density at radius 3 is 2.52 bits per heavy atom. The predicted octanol–water partition coefficient (Wildman–Crippen LogP) is 3.12. The maximum atomic E-state index is 12.1. The van der Waals surface area contributed by atoms with E-state index in [1.165, 1.54) is 12.1 Å². The van der Waals surface area contributed by atoms with Gasteiger partial charge in [-0.25, -0.2) is 8.42 Å². The third-order valence-corrected chi connectivity index (χ3v) is 5.21. The number of nitrogens with one attached hydrogen (secondary N) is 1. The van der Waals surface area contributed by atoms with Crippen LogP contribution in [-0.2, 0) is 26.2 Å². The summed E-state index contributed by atoms with van der Waals surface area (Å²) in [6, 6.07) is 13.5. The van der Waals surface area contributed by atoms with Gasteiger partial charge in [-0.15, -0.1) is 0 Å². The smallest absolute Gasteiger partial charge is 0.321 e. The average molecular weight is 419 g/mol. The molecule has 0 spiro atoms. The minimum Gasteiger partial charge on any atom is -0.460 e. The lowest BCUT2D eigenvalue weighted by atomic mass is 10.2. The van der Waals surface area contributed by atoms with Crippen LogP contribution in [0.2, 0.25) is 5.02 Å². The summed E-state index contributed by atoms with van der Waals surface area (Å²) in [6.07, 6.45) is 0. The number of ether oxygens (including phenoxy) is 1. The van der Waals surface area contributed by atoms with Crippen molar-refractivity contribution >= 4 is 43.5 Å². The lowest BCUT2D eigenvalue weighted by Crippen LogP contribution is -2.30. The van der Waals surface area contributed by atoms with Crippen molar-refractivity contribution in [3.63, 3.8) is 0 Å². The molecule has 0 saturated heterocycles. The monoisotopic (exact) mass is 417 g/mol. The van der Waals surface area contributed by atoms with Gasteiger partial charge in [0.2, 0.25) is 10.0 Å². The van der Waals surface area contributed by atoms with Gasteiger partial charge < -0.3 is 4.74 Å².